The highest BCUT2D eigenvalue weighted by Crippen LogP contribution is 2.40. The molecule has 346 valence electrons. The van der Waals surface area contributed by atoms with Gasteiger partial charge in [0.2, 0.25) is 0 Å². The van der Waals surface area contributed by atoms with Crippen LogP contribution in [0.25, 0.3) is 134 Å². The van der Waals surface area contributed by atoms with E-state index in [1.165, 1.54) is 21.5 Å². The summed E-state index contributed by atoms with van der Waals surface area (Å²) in [7, 11) is 0. The molecule has 0 radical (unpaired) electrons. The number of para-hydroxylation sites is 10. The fourth-order valence-electron chi connectivity index (χ4n) is 11.3. The van der Waals surface area contributed by atoms with Crippen LogP contribution in [0.4, 0.5) is 0 Å². The summed E-state index contributed by atoms with van der Waals surface area (Å²) in [5, 5.41) is 4.85. The van der Waals surface area contributed by atoms with E-state index in [-0.39, 0.29) is 0 Å². The third-order valence-corrected chi connectivity index (χ3v) is 14.5. The summed E-state index contributed by atoms with van der Waals surface area (Å²) < 4.78 is 9.34. The first-order valence-corrected chi connectivity index (χ1v) is 25.0. The first kappa shape index (κ1) is 41.7. The standard InChI is InChI=1S/C67H43N7/c1-3-20-48(21-4-1)73-64-36-17-11-28-58(64)69-66(73)46-38-44(39-47(40-46)67-70-59-29-12-18-37-65(59)74(67)49-22-5-2-6-23-49)56-30-19-31-57(68-56)45-41-50(71-60-32-13-7-24-52(60)53-25-8-14-33-61(53)71)43-51(42-45)72-62-34-15-9-26-54(62)55-27-10-16-35-63(55)72/h1-43H. The van der Waals surface area contributed by atoms with E-state index >= 15 is 0 Å². The number of fused-ring (bicyclic) bond motifs is 8. The lowest BCUT2D eigenvalue weighted by atomic mass is 10.0. The minimum absolute atomic E-state index is 0.828. The van der Waals surface area contributed by atoms with E-state index in [2.05, 4.69) is 279 Å². The molecular formula is C67H43N7. The highest BCUT2D eigenvalue weighted by molar-refractivity contribution is 6.11. The van der Waals surface area contributed by atoms with Crippen molar-refractivity contribution >= 4 is 65.7 Å². The molecule has 0 saturated heterocycles. The number of hydrogen-bond donors (Lipinski definition) is 0. The predicted molar refractivity (Wildman–Crippen MR) is 304 cm³/mol. The second-order valence-corrected chi connectivity index (χ2v) is 18.9. The van der Waals surface area contributed by atoms with Crippen LogP contribution in [0.2, 0.25) is 0 Å². The third kappa shape index (κ3) is 6.64. The largest absolute Gasteiger partial charge is 0.309 e. The Morgan fingerprint density at radius 2 is 0.554 bits per heavy atom. The van der Waals surface area contributed by atoms with Crippen molar-refractivity contribution in [3.63, 3.8) is 0 Å². The lowest BCUT2D eigenvalue weighted by Crippen LogP contribution is -2.01. The molecule has 7 heteroatoms. The Morgan fingerprint density at radius 1 is 0.216 bits per heavy atom. The first-order chi connectivity index (χ1) is 36.7. The van der Waals surface area contributed by atoms with E-state index in [9.17, 15) is 0 Å². The van der Waals surface area contributed by atoms with E-state index in [0.717, 1.165) is 112 Å². The minimum atomic E-state index is 0.828. The molecule has 5 aromatic heterocycles. The molecule has 0 aliphatic rings. The molecule has 0 bridgehead atoms. The Hall–Kier alpha value is -10.1. The summed E-state index contributed by atoms with van der Waals surface area (Å²) in [6, 6.07) is 92.6. The molecule has 15 rings (SSSR count). The lowest BCUT2D eigenvalue weighted by Gasteiger charge is -2.16. The molecule has 0 amide bonds. The van der Waals surface area contributed by atoms with Gasteiger partial charge in [0.1, 0.15) is 11.6 Å². The summed E-state index contributed by atoms with van der Waals surface area (Å²) in [4.78, 5) is 16.4. The maximum Gasteiger partial charge on any atom is 0.145 e. The topological polar surface area (TPSA) is 58.4 Å². The number of pyridine rings is 1. The summed E-state index contributed by atoms with van der Waals surface area (Å²) >= 11 is 0. The average Bonchev–Trinajstić information content (AvgIpc) is 4.24. The molecule has 0 N–H and O–H groups in total. The van der Waals surface area contributed by atoms with Crippen LogP contribution in [0.5, 0.6) is 0 Å². The maximum absolute atomic E-state index is 5.65. The quantitative estimate of drug-likeness (QED) is 0.152. The number of rotatable bonds is 8. The molecule has 0 unspecified atom stereocenters. The van der Waals surface area contributed by atoms with E-state index in [1.807, 2.05) is 0 Å². The maximum atomic E-state index is 5.65. The van der Waals surface area contributed by atoms with Gasteiger partial charge >= 0.3 is 0 Å². The number of imidazole rings is 2. The second kappa shape index (κ2) is 16.8. The fourth-order valence-corrected chi connectivity index (χ4v) is 11.3. The minimum Gasteiger partial charge on any atom is -0.309 e. The van der Waals surface area contributed by atoms with Gasteiger partial charge in [-0.3, -0.25) is 9.13 Å². The molecule has 5 heterocycles. The Bertz CT molecular complexity index is 4300. The van der Waals surface area contributed by atoms with Crippen LogP contribution in [0.3, 0.4) is 0 Å². The lowest BCUT2D eigenvalue weighted by molar-refractivity contribution is 1.09. The highest BCUT2D eigenvalue weighted by Gasteiger charge is 2.22. The van der Waals surface area contributed by atoms with Gasteiger partial charge in [-0.15, -0.1) is 0 Å². The predicted octanol–water partition coefficient (Wildman–Crippen LogP) is 16.6. The smallest absolute Gasteiger partial charge is 0.145 e. The van der Waals surface area contributed by atoms with Crippen LogP contribution < -0.4 is 0 Å². The molecular weight excluding hydrogens is 903 g/mol. The number of nitrogens with zero attached hydrogens (tertiary/aromatic N) is 7. The molecule has 74 heavy (non-hydrogen) atoms. The number of benzene rings is 10. The monoisotopic (exact) mass is 945 g/mol. The summed E-state index contributed by atoms with van der Waals surface area (Å²) in [5.41, 5.74) is 18.1. The van der Waals surface area contributed by atoms with Crippen molar-refractivity contribution in [1.82, 2.24) is 33.2 Å². The molecule has 0 saturated carbocycles. The van der Waals surface area contributed by atoms with Gasteiger partial charge < -0.3 is 9.13 Å². The van der Waals surface area contributed by atoms with Crippen LogP contribution in [0, 0.1) is 0 Å². The van der Waals surface area contributed by atoms with Gasteiger partial charge in [-0.1, -0.05) is 140 Å². The van der Waals surface area contributed by atoms with Gasteiger partial charge in [0.05, 0.1) is 55.5 Å². The van der Waals surface area contributed by atoms with Crippen LogP contribution in [0.1, 0.15) is 0 Å². The summed E-state index contributed by atoms with van der Waals surface area (Å²) in [6.45, 7) is 0. The normalized spacial score (nSPS) is 11.8. The summed E-state index contributed by atoms with van der Waals surface area (Å²) in [5.74, 6) is 1.66. The van der Waals surface area contributed by atoms with E-state index < -0.39 is 0 Å². The zero-order valence-electron chi connectivity index (χ0n) is 40.0. The molecule has 0 fully saturated rings. The van der Waals surface area contributed by atoms with Crippen molar-refractivity contribution in [3.8, 4) is 68.0 Å². The van der Waals surface area contributed by atoms with Crippen molar-refractivity contribution in [2.24, 2.45) is 0 Å². The number of hydrogen-bond acceptors (Lipinski definition) is 3. The van der Waals surface area contributed by atoms with Crippen LogP contribution >= 0.6 is 0 Å². The van der Waals surface area contributed by atoms with Crippen LogP contribution in [-0.2, 0) is 0 Å². The SMILES string of the molecule is c1ccc(-n2c(-c3cc(-c4cccc(-c5cc(-n6c7ccccc7c7ccccc76)cc(-n6c7ccccc7c7ccccc76)c5)n4)cc(-c4nc5ccccc5n4-c4ccccc4)c3)nc3ccccc32)cc1. The van der Waals surface area contributed by atoms with E-state index in [0.29, 0.717) is 0 Å². The molecule has 0 aliphatic carbocycles. The van der Waals surface area contributed by atoms with Crippen molar-refractivity contribution in [1.29, 1.82) is 0 Å². The average molecular weight is 946 g/mol. The van der Waals surface area contributed by atoms with Crippen LogP contribution in [-0.4, -0.2) is 33.2 Å². The van der Waals surface area contributed by atoms with Gasteiger partial charge in [-0.05, 0) is 121 Å². The van der Waals surface area contributed by atoms with E-state index in [1.54, 1.807) is 0 Å². The fraction of sp³-hybridized carbons (Fsp3) is 0. The second-order valence-electron chi connectivity index (χ2n) is 18.9. The molecule has 10 aromatic carbocycles. The zero-order valence-corrected chi connectivity index (χ0v) is 40.0. The molecule has 7 nitrogen and oxygen atoms in total. The van der Waals surface area contributed by atoms with Gasteiger partial charge in [-0.25, -0.2) is 15.0 Å². The Morgan fingerprint density at radius 3 is 0.973 bits per heavy atom. The van der Waals surface area contributed by atoms with Crippen molar-refractivity contribution in [2.45, 2.75) is 0 Å². The first-order valence-electron chi connectivity index (χ1n) is 25.0. The molecule has 0 spiro atoms. The van der Waals surface area contributed by atoms with Crippen molar-refractivity contribution < 1.29 is 0 Å². The molecule has 15 aromatic rings. The van der Waals surface area contributed by atoms with Gasteiger partial charge in [-0.2, -0.15) is 0 Å². The summed E-state index contributed by atoms with van der Waals surface area (Å²) in [6.07, 6.45) is 0. The zero-order chi connectivity index (χ0) is 48.7. The third-order valence-electron chi connectivity index (χ3n) is 14.5. The Labute approximate surface area is 425 Å². The van der Waals surface area contributed by atoms with Gasteiger partial charge in [0.15, 0.2) is 0 Å². The van der Waals surface area contributed by atoms with E-state index in [4.69, 9.17) is 15.0 Å². The highest BCUT2D eigenvalue weighted by atomic mass is 15.1. The molecule has 0 aliphatic heterocycles. The van der Waals surface area contributed by atoms with Crippen molar-refractivity contribution in [2.75, 3.05) is 0 Å². The van der Waals surface area contributed by atoms with Crippen LogP contribution in [0.15, 0.2) is 261 Å². The number of aromatic nitrogens is 7. The Balaban J connectivity index is 0.982. The Kier molecular flexibility index (Phi) is 9.43. The van der Waals surface area contributed by atoms with Gasteiger partial charge in [0, 0.05) is 66.5 Å². The molecule has 0 atom stereocenters. The van der Waals surface area contributed by atoms with Crippen molar-refractivity contribution in [3.05, 3.63) is 261 Å². The van der Waals surface area contributed by atoms with Gasteiger partial charge in [0.25, 0.3) is 0 Å².